The number of rotatable bonds is 5. The van der Waals surface area contributed by atoms with Gasteiger partial charge in [-0.15, -0.1) is 0 Å². The van der Waals surface area contributed by atoms with E-state index < -0.39 is 9.84 Å². The van der Waals surface area contributed by atoms with Crippen molar-refractivity contribution in [3.63, 3.8) is 0 Å². The van der Waals surface area contributed by atoms with Crippen molar-refractivity contribution in [2.75, 3.05) is 23.9 Å². The minimum atomic E-state index is -2.95. The largest absolute Gasteiger partial charge is 0.354 e. The van der Waals surface area contributed by atoms with Gasteiger partial charge in [0, 0.05) is 30.9 Å². The smallest absolute Gasteiger partial charge is 0.207 e. The van der Waals surface area contributed by atoms with Gasteiger partial charge in [0.05, 0.1) is 5.75 Å². The van der Waals surface area contributed by atoms with Crippen LogP contribution in [0.25, 0.3) is 5.69 Å². The average Bonchev–Trinajstić information content (AvgIpc) is 2.77. The third kappa shape index (κ3) is 3.33. The van der Waals surface area contributed by atoms with Crippen molar-refractivity contribution in [2.45, 2.75) is 0 Å². The van der Waals surface area contributed by atoms with Crippen LogP contribution in [0.2, 0.25) is 0 Å². The number of hydrogen-bond acceptors (Lipinski definition) is 4. The molecule has 0 radical (unpaired) electrons. The molecular weight excluding hydrogens is 250 g/mol. The summed E-state index contributed by atoms with van der Waals surface area (Å²) in [6.45, 7) is 0.350. The second-order valence-electron chi connectivity index (χ2n) is 4.01. The van der Waals surface area contributed by atoms with Crippen LogP contribution in [0.1, 0.15) is 0 Å². The summed E-state index contributed by atoms with van der Waals surface area (Å²) in [5.74, 6) is 0.735. The molecule has 18 heavy (non-hydrogen) atoms. The Morgan fingerprint density at radius 3 is 2.67 bits per heavy atom. The Kier molecular flexibility index (Phi) is 3.66. The van der Waals surface area contributed by atoms with E-state index in [0.29, 0.717) is 12.5 Å². The van der Waals surface area contributed by atoms with Gasteiger partial charge in [0.25, 0.3) is 0 Å². The zero-order chi connectivity index (χ0) is 13.0. The van der Waals surface area contributed by atoms with E-state index in [9.17, 15) is 8.42 Å². The van der Waals surface area contributed by atoms with Crippen LogP contribution in [0.5, 0.6) is 0 Å². The fraction of sp³-hybridized carbons (Fsp3) is 0.250. The van der Waals surface area contributed by atoms with Crippen molar-refractivity contribution in [3.8, 4) is 5.69 Å². The molecule has 1 aromatic heterocycles. The van der Waals surface area contributed by atoms with Gasteiger partial charge in [-0.1, -0.05) is 18.2 Å². The van der Waals surface area contributed by atoms with Crippen molar-refractivity contribution >= 4 is 15.8 Å². The number of hydrogen-bond donors (Lipinski definition) is 1. The maximum atomic E-state index is 11.0. The maximum Gasteiger partial charge on any atom is 0.207 e. The number of aromatic nitrogens is 2. The summed E-state index contributed by atoms with van der Waals surface area (Å²) in [7, 11) is -2.95. The first-order valence-electron chi connectivity index (χ1n) is 5.57. The highest BCUT2D eigenvalue weighted by Crippen LogP contribution is 2.13. The van der Waals surface area contributed by atoms with E-state index >= 15 is 0 Å². The van der Waals surface area contributed by atoms with Crippen LogP contribution in [0.3, 0.4) is 0 Å². The Hall–Kier alpha value is -1.82. The Morgan fingerprint density at radius 2 is 2.00 bits per heavy atom. The second-order valence-corrected chi connectivity index (χ2v) is 6.27. The van der Waals surface area contributed by atoms with E-state index in [-0.39, 0.29) is 5.75 Å². The summed E-state index contributed by atoms with van der Waals surface area (Å²) in [4.78, 5) is 4.17. The minimum Gasteiger partial charge on any atom is -0.354 e. The summed E-state index contributed by atoms with van der Waals surface area (Å²) in [5, 5.41) is 3.02. The number of para-hydroxylation sites is 1. The first-order chi connectivity index (χ1) is 8.56. The summed E-state index contributed by atoms with van der Waals surface area (Å²) in [5.41, 5.74) is 0.983. The van der Waals surface area contributed by atoms with Gasteiger partial charge in [0.15, 0.2) is 0 Å². The van der Waals surface area contributed by atoms with Crippen molar-refractivity contribution in [2.24, 2.45) is 0 Å². The lowest BCUT2D eigenvalue weighted by Crippen LogP contribution is -2.16. The Balaban J connectivity index is 2.09. The van der Waals surface area contributed by atoms with Gasteiger partial charge in [0.1, 0.15) is 9.84 Å². The monoisotopic (exact) mass is 265 g/mol. The van der Waals surface area contributed by atoms with Crippen LogP contribution < -0.4 is 5.32 Å². The van der Waals surface area contributed by atoms with Crippen LogP contribution in [-0.2, 0) is 9.84 Å². The van der Waals surface area contributed by atoms with Crippen molar-refractivity contribution < 1.29 is 8.42 Å². The zero-order valence-corrected chi connectivity index (χ0v) is 10.9. The Bertz CT molecular complexity index is 605. The fourth-order valence-corrected chi connectivity index (χ4v) is 2.05. The number of nitrogens with zero attached hydrogens (tertiary/aromatic N) is 2. The minimum absolute atomic E-state index is 0.0919. The number of anilines is 1. The molecule has 0 saturated heterocycles. The summed E-state index contributed by atoms with van der Waals surface area (Å²) in [6, 6.07) is 9.75. The molecule has 0 aliphatic heterocycles. The van der Waals surface area contributed by atoms with Crippen LogP contribution >= 0.6 is 0 Å². The molecule has 6 heteroatoms. The lowest BCUT2D eigenvalue weighted by molar-refractivity contribution is 0.602. The van der Waals surface area contributed by atoms with Gasteiger partial charge in [-0.25, -0.2) is 13.4 Å². The molecule has 0 bridgehead atoms. The highest BCUT2D eigenvalue weighted by molar-refractivity contribution is 7.90. The van der Waals surface area contributed by atoms with E-state index in [1.807, 2.05) is 41.1 Å². The van der Waals surface area contributed by atoms with Gasteiger partial charge in [-0.2, -0.15) is 0 Å². The van der Waals surface area contributed by atoms with E-state index in [0.717, 1.165) is 5.69 Å². The summed E-state index contributed by atoms with van der Waals surface area (Å²) >= 11 is 0. The predicted octanol–water partition coefficient (Wildman–Crippen LogP) is 1.33. The number of imidazole rings is 1. The topological polar surface area (TPSA) is 64.0 Å². The van der Waals surface area contributed by atoms with Gasteiger partial charge < -0.3 is 5.32 Å². The van der Waals surface area contributed by atoms with Crippen LogP contribution in [0.4, 0.5) is 5.95 Å². The van der Waals surface area contributed by atoms with Gasteiger partial charge >= 0.3 is 0 Å². The SMILES string of the molecule is CS(=O)(=O)CCNc1nccn1-c1ccccc1. The quantitative estimate of drug-likeness (QED) is 0.886. The molecule has 1 N–H and O–H groups in total. The van der Waals surface area contributed by atoms with Crippen molar-refractivity contribution in [1.29, 1.82) is 0 Å². The van der Waals surface area contributed by atoms with E-state index in [4.69, 9.17) is 0 Å². The molecule has 0 aliphatic rings. The first-order valence-corrected chi connectivity index (χ1v) is 7.63. The molecule has 5 nitrogen and oxygen atoms in total. The van der Waals surface area contributed by atoms with Crippen molar-refractivity contribution in [1.82, 2.24) is 9.55 Å². The van der Waals surface area contributed by atoms with Gasteiger partial charge in [-0.05, 0) is 12.1 Å². The second kappa shape index (κ2) is 5.22. The molecule has 0 amide bonds. The molecule has 0 saturated carbocycles. The zero-order valence-electron chi connectivity index (χ0n) is 10.1. The van der Waals surface area contributed by atoms with Crippen LogP contribution in [0, 0.1) is 0 Å². The van der Waals surface area contributed by atoms with E-state index in [1.54, 1.807) is 6.20 Å². The molecule has 1 heterocycles. The van der Waals surface area contributed by atoms with Gasteiger partial charge in [-0.3, -0.25) is 4.57 Å². The maximum absolute atomic E-state index is 11.0. The molecular formula is C12H15N3O2S. The summed E-state index contributed by atoms with van der Waals surface area (Å²) in [6.07, 6.45) is 4.73. The molecule has 2 rings (SSSR count). The van der Waals surface area contributed by atoms with Crippen molar-refractivity contribution in [3.05, 3.63) is 42.7 Å². The summed E-state index contributed by atoms with van der Waals surface area (Å²) < 4.78 is 24.0. The third-order valence-corrected chi connectivity index (χ3v) is 3.38. The number of nitrogens with one attached hydrogen (secondary N) is 1. The third-order valence-electron chi connectivity index (χ3n) is 2.43. The molecule has 1 aromatic carbocycles. The van der Waals surface area contributed by atoms with Gasteiger partial charge in [0.2, 0.25) is 5.95 Å². The lowest BCUT2D eigenvalue weighted by atomic mass is 10.3. The van der Waals surface area contributed by atoms with E-state index in [2.05, 4.69) is 10.3 Å². The number of sulfone groups is 1. The molecule has 0 atom stereocenters. The number of benzene rings is 1. The Labute approximate surface area is 106 Å². The molecule has 96 valence electrons. The van der Waals surface area contributed by atoms with E-state index in [1.165, 1.54) is 6.26 Å². The van der Waals surface area contributed by atoms with Crippen LogP contribution in [-0.4, -0.2) is 36.5 Å². The molecule has 2 aromatic rings. The van der Waals surface area contributed by atoms with Crippen LogP contribution in [0.15, 0.2) is 42.7 Å². The standard InChI is InChI=1S/C12H15N3O2S/c1-18(16,17)10-8-14-12-13-7-9-15(12)11-5-3-2-4-6-11/h2-7,9H,8,10H2,1H3,(H,13,14). The highest BCUT2D eigenvalue weighted by Gasteiger charge is 2.06. The molecule has 0 spiro atoms. The lowest BCUT2D eigenvalue weighted by Gasteiger charge is -2.09. The molecule has 0 aliphatic carbocycles. The normalized spacial score (nSPS) is 11.4. The fourth-order valence-electron chi connectivity index (χ4n) is 1.58. The molecule has 0 fully saturated rings. The predicted molar refractivity (Wildman–Crippen MR) is 71.8 cm³/mol. The molecule has 0 unspecified atom stereocenters. The average molecular weight is 265 g/mol. The first kappa shape index (κ1) is 12.6. The Morgan fingerprint density at radius 1 is 1.28 bits per heavy atom. The highest BCUT2D eigenvalue weighted by atomic mass is 32.2.